The fourth-order valence-electron chi connectivity index (χ4n) is 3.06. The molecule has 0 rings (SSSR count). The molecule has 0 saturated heterocycles. The Morgan fingerprint density at radius 3 is 1.64 bits per heavy atom. The molecule has 25 heavy (non-hydrogen) atoms. The number of hydrogen-bond donors (Lipinski definition) is 0. The third-order valence-electron chi connectivity index (χ3n) is 4.80. The number of hydrogen-bond acceptors (Lipinski definition) is 2. The van der Waals surface area contributed by atoms with Gasteiger partial charge in [0.15, 0.2) is 0 Å². The largest absolute Gasteiger partial charge is 1.00 e. The SMILES string of the molecule is CCCCCCCCCCCCCC[N+](C)(C)C(CCl)OC(C)=O.[Cl-]. The number of unbranched alkanes of at least 4 members (excludes halogenated alkanes) is 11. The van der Waals surface area contributed by atoms with E-state index in [1.165, 1.54) is 84.0 Å². The van der Waals surface area contributed by atoms with Crippen molar-refractivity contribution in [1.29, 1.82) is 0 Å². The summed E-state index contributed by atoms with van der Waals surface area (Å²) in [7, 11) is 4.18. The number of quaternary nitrogens is 1. The monoisotopic (exact) mass is 397 g/mol. The van der Waals surface area contributed by atoms with Crippen LogP contribution in [-0.2, 0) is 9.53 Å². The zero-order chi connectivity index (χ0) is 18.3. The number of ether oxygens (including phenoxy) is 1. The highest BCUT2D eigenvalue weighted by Gasteiger charge is 2.29. The van der Waals surface area contributed by atoms with Crippen molar-refractivity contribution in [2.24, 2.45) is 0 Å². The smallest absolute Gasteiger partial charge is 0.307 e. The highest BCUT2D eigenvalue weighted by Crippen LogP contribution is 2.15. The van der Waals surface area contributed by atoms with E-state index in [-0.39, 0.29) is 24.6 Å². The molecular formula is C20H41Cl2NO2. The first kappa shape index (κ1) is 27.2. The Hall–Kier alpha value is 0.01000. The van der Waals surface area contributed by atoms with Gasteiger partial charge in [-0.3, -0.25) is 9.28 Å². The number of halogens is 2. The van der Waals surface area contributed by atoms with Crippen LogP contribution in [-0.4, -0.2) is 43.2 Å². The van der Waals surface area contributed by atoms with Gasteiger partial charge in [0.2, 0.25) is 6.23 Å². The predicted octanol–water partition coefficient (Wildman–Crippen LogP) is 2.90. The Morgan fingerprint density at radius 2 is 1.28 bits per heavy atom. The Bertz CT molecular complexity index is 312. The molecule has 0 N–H and O–H groups in total. The zero-order valence-electron chi connectivity index (χ0n) is 17.0. The summed E-state index contributed by atoms with van der Waals surface area (Å²) in [6.07, 6.45) is 16.0. The molecule has 0 aliphatic rings. The highest BCUT2D eigenvalue weighted by atomic mass is 35.5. The molecule has 0 aromatic rings. The summed E-state index contributed by atoms with van der Waals surface area (Å²) in [4.78, 5) is 11.1. The molecule has 0 spiro atoms. The minimum absolute atomic E-state index is 0. The molecule has 3 nitrogen and oxygen atoms in total. The third-order valence-corrected chi connectivity index (χ3v) is 5.07. The van der Waals surface area contributed by atoms with Crippen molar-refractivity contribution in [3.8, 4) is 0 Å². The molecule has 152 valence electrons. The average molecular weight is 398 g/mol. The molecule has 0 aromatic carbocycles. The molecule has 0 fully saturated rings. The van der Waals surface area contributed by atoms with Gasteiger partial charge in [0, 0.05) is 6.92 Å². The van der Waals surface area contributed by atoms with Gasteiger partial charge in [0.05, 0.1) is 20.6 Å². The van der Waals surface area contributed by atoms with Crippen molar-refractivity contribution in [2.45, 2.75) is 97.1 Å². The lowest BCUT2D eigenvalue weighted by atomic mass is 10.1. The van der Waals surface area contributed by atoms with Crippen LogP contribution in [0.25, 0.3) is 0 Å². The Morgan fingerprint density at radius 1 is 0.880 bits per heavy atom. The molecule has 0 bridgehead atoms. The van der Waals surface area contributed by atoms with E-state index in [0.717, 1.165) is 6.54 Å². The first-order chi connectivity index (χ1) is 11.4. The molecule has 1 unspecified atom stereocenters. The van der Waals surface area contributed by atoms with Gasteiger partial charge in [0.25, 0.3) is 0 Å². The standard InChI is InChI=1S/C20H41ClNO2.ClH/c1-5-6-7-8-9-10-11-12-13-14-15-16-17-22(3,4)20(18-21)24-19(2)23;/h20H,5-18H2,1-4H3;1H/q+1;/p-1. The second kappa shape index (κ2) is 17.4. The van der Waals surface area contributed by atoms with E-state index in [2.05, 4.69) is 21.0 Å². The number of carbonyl (C=O) groups is 1. The summed E-state index contributed by atoms with van der Waals surface area (Å²) in [6, 6.07) is 0. The van der Waals surface area contributed by atoms with E-state index in [1.54, 1.807) is 0 Å². The van der Waals surface area contributed by atoms with Crippen molar-refractivity contribution in [3.63, 3.8) is 0 Å². The molecule has 0 aliphatic carbocycles. The van der Waals surface area contributed by atoms with Crippen LogP contribution in [0.2, 0.25) is 0 Å². The second-order valence-corrected chi connectivity index (χ2v) is 7.92. The van der Waals surface area contributed by atoms with Gasteiger partial charge in [0.1, 0.15) is 5.88 Å². The van der Waals surface area contributed by atoms with Gasteiger partial charge in [-0.2, -0.15) is 0 Å². The number of esters is 1. The summed E-state index contributed by atoms with van der Waals surface area (Å²) >= 11 is 5.95. The molecule has 0 amide bonds. The van der Waals surface area contributed by atoms with Gasteiger partial charge < -0.3 is 17.1 Å². The minimum atomic E-state index is -0.249. The molecule has 0 aromatic heterocycles. The summed E-state index contributed by atoms with van der Waals surface area (Å²) in [5.74, 6) is 0.103. The normalized spacial score (nSPS) is 12.5. The van der Waals surface area contributed by atoms with Crippen LogP contribution in [0.15, 0.2) is 0 Å². The van der Waals surface area contributed by atoms with Crippen LogP contribution >= 0.6 is 11.6 Å². The van der Waals surface area contributed by atoms with Gasteiger partial charge >= 0.3 is 5.97 Å². The molecule has 0 aliphatic heterocycles. The zero-order valence-corrected chi connectivity index (χ0v) is 18.5. The lowest BCUT2D eigenvalue weighted by Crippen LogP contribution is -3.00. The van der Waals surface area contributed by atoms with Crippen molar-refractivity contribution in [2.75, 3.05) is 26.5 Å². The topological polar surface area (TPSA) is 26.3 Å². The first-order valence-electron chi connectivity index (χ1n) is 10.00. The fraction of sp³-hybridized carbons (Fsp3) is 0.950. The lowest BCUT2D eigenvalue weighted by Gasteiger charge is -2.35. The maximum absolute atomic E-state index is 11.1. The molecule has 1 atom stereocenters. The van der Waals surface area contributed by atoms with E-state index in [9.17, 15) is 4.79 Å². The lowest BCUT2D eigenvalue weighted by molar-refractivity contribution is -0.932. The van der Waals surface area contributed by atoms with Crippen LogP contribution in [0.4, 0.5) is 0 Å². The number of nitrogens with zero attached hydrogens (tertiary/aromatic N) is 1. The van der Waals surface area contributed by atoms with Gasteiger partial charge in [-0.25, -0.2) is 0 Å². The molecule has 0 saturated carbocycles. The molecule has 5 heteroatoms. The maximum atomic E-state index is 11.1. The number of alkyl halides is 1. The predicted molar refractivity (Wildman–Crippen MR) is 104 cm³/mol. The molecule has 0 heterocycles. The van der Waals surface area contributed by atoms with Crippen LogP contribution < -0.4 is 12.4 Å². The number of rotatable bonds is 16. The van der Waals surface area contributed by atoms with Crippen LogP contribution in [0.5, 0.6) is 0 Å². The highest BCUT2D eigenvalue weighted by molar-refractivity contribution is 6.18. The van der Waals surface area contributed by atoms with Gasteiger partial charge in [-0.15, -0.1) is 11.6 Å². The van der Waals surface area contributed by atoms with E-state index >= 15 is 0 Å². The van der Waals surface area contributed by atoms with Crippen LogP contribution in [0.1, 0.15) is 90.9 Å². The second-order valence-electron chi connectivity index (χ2n) is 7.61. The van der Waals surface area contributed by atoms with E-state index < -0.39 is 0 Å². The molecule has 0 radical (unpaired) electrons. The van der Waals surface area contributed by atoms with Gasteiger partial charge in [-0.05, 0) is 12.8 Å². The quantitative estimate of drug-likeness (QED) is 0.131. The van der Waals surface area contributed by atoms with E-state index in [1.807, 2.05) is 0 Å². The number of carbonyl (C=O) groups excluding carboxylic acids is 1. The van der Waals surface area contributed by atoms with Crippen molar-refractivity contribution >= 4 is 17.6 Å². The van der Waals surface area contributed by atoms with Crippen LogP contribution in [0, 0.1) is 0 Å². The van der Waals surface area contributed by atoms with E-state index in [0.29, 0.717) is 10.4 Å². The third kappa shape index (κ3) is 15.9. The Kier molecular flexibility index (Phi) is 19.0. The van der Waals surface area contributed by atoms with Crippen molar-refractivity contribution in [3.05, 3.63) is 0 Å². The van der Waals surface area contributed by atoms with Crippen molar-refractivity contribution < 1.29 is 26.4 Å². The van der Waals surface area contributed by atoms with E-state index in [4.69, 9.17) is 16.3 Å². The fourth-order valence-corrected chi connectivity index (χ4v) is 3.49. The van der Waals surface area contributed by atoms with Crippen molar-refractivity contribution in [1.82, 2.24) is 0 Å². The summed E-state index contributed by atoms with van der Waals surface area (Å²) in [5, 5.41) is 0. The average Bonchev–Trinajstić information content (AvgIpc) is 2.53. The minimum Gasteiger partial charge on any atom is -1.00 e. The molecular weight excluding hydrogens is 357 g/mol. The summed E-state index contributed by atoms with van der Waals surface area (Å²) in [6.45, 7) is 4.72. The first-order valence-corrected chi connectivity index (χ1v) is 10.5. The Labute approximate surface area is 167 Å². The van der Waals surface area contributed by atoms with Gasteiger partial charge in [-0.1, -0.05) is 71.1 Å². The Balaban J connectivity index is 0. The maximum Gasteiger partial charge on any atom is 0.307 e. The summed E-state index contributed by atoms with van der Waals surface area (Å²) in [5.41, 5.74) is 0. The summed E-state index contributed by atoms with van der Waals surface area (Å²) < 4.78 is 5.98. The van der Waals surface area contributed by atoms with Crippen LogP contribution in [0.3, 0.4) is 0 Å².